The van der Waals surface area contributed by atoms with E-state index in [1.807, 2.05) is 6.92 Å². The number of aryl methyl sites for hydroxylation is 1. The van der Waals surface area contributed by atoms with Crippen LogP contribution < -0.4 is 5.56 Å². The Morgan fingerprint density at radius 1 is 1.53 bits per heavy atom. The third-order valence-corrected chi connectivity index (χ3v) is 3.59. The van der Waals surface area contributed by atoms with Crippen LogP contribution >= 0.6 is 11.6 Å². The van der Waals surface area contributed by atoms with Crippen LogP contribution in [0.3, 0.4) is 0 Å². The normalized spacial score (nSPS) is 24.9. The number of nitrogens with zero attached hydrogens (tertiary/aromatic N) is 2. The van der Waals surface area contributed by atoms with Gasteiger partial charge in [-0.05, 0) is 32.6 Å². The van der Waals surface area contributed by atoms with E-state index in [1.54, 1.807) is 11.7 Å². The molecule has 0 saturated heterocycles. The minimum atomic E-state index is -0.0655. The van der Waals surface area contributed by atoms with Crippen molar-refractivity contribution in [2.75, 3.05) is 7.11 Å². The van der Waals surface area contributed by atoms with E-state index >= 15 is 0 Å². The molecule has 1 aliphatic carbocycles. The van der Waals surface area contributed by atoms with E-state index in [1.165, 1.54) is 6.07 Å². The molecule has 0 bridgehead atoms. The van der Waals surface area contributed by atoms with Gasteiger partial charge in [-0.3, -0.25) is 9.36 Å². The third kappa shape index (κ3) is 2.69. The van der Waals surface area contributed by atoms with Gasteiger partial charge in [-0.15, -0.1) is 0 Å². The Balaban J connectivity index is 2.30. The fraction of sp³-hybridized carbons (Fsp3) is 0.667. The van der Waals surface area contributed by atoms with Crippen LogP contribution in [0.4, 0.5) is 0 Å². The molecule has 1 aromatic heterocycles. The highest BCUT2D eigenvalue weighted by molar-refractivity contribution is 6.29. The molecule has 2 atom stereocenters. The fourth-order valence-corrected chi connectivity index (χ4v) is 2.80. The number of methoxy groups -OCH3 is 1. The van der Waals surface area contributed by atoms with Crippen molar-refractivity contribution in [3.8, 4) is 0 Å². The summed E-state index contributed by atoms with van der Waals surface area (Å²) in [5.74, 6) is 0.684. The van der Waals surface area contributed by atoms with Gasteiger partial charge in [0.2, 0.25) is 0 Å². The first-order chi connectivity index (χ1) is 8.11. The van der Waals surface area contributed by atoms with Gasteiger partial charge in [0, 0.05) is 19.2 Å². The molecular formula is C12H17ClN2O2. The molecule has 2 unspecified atom stereocenters. The Labute approximate surface area is 106 Å². The van der Waals surface area contributed by atoms with Crippen LogP contribution in [0.15, 0.2) is 10.9 Å². The van der Waals surface area contributed by atoms with Gasteiger partial charge in [0.25, 0.3) is 5.56 Å². The Morgan fingerprint density at radius 2 is 2.29 bits per heavy atom. The molecule has 1 heterocycles. The lowest BCUT2D eigenvalue weighted by Crippen LogP contribution is -2.32. The number of hydrogen-bond acceptors (Lipinski definition) is 3. The molecule has 1 aromatic rings. The maximum Gasteiger partial charge on any atom is 0.255 e. The van der Waals surface area contributed by atoms with E-state index in [9.17, 15) is 4.79 Å². The third-order valence-electron chi connectivity index (χ3n) is 3.39. The lowest BCUT2D eigenvalue weighted by molar-refractivity contribution is 0.0518. The lowest BCUT2D eigenvalue weighted by Gasteiger charge is -2.30. The average Bonchev–Trinajstić information content (AvgIpc) is 2.28. The number of ether oxygens (including phenoxy) is 1. The van der Waals surface area contributed by atoms with E-state index in [4.69, 9.17) is 16.3 Å². The van der Waals surface area contributed by atoms with Gasteiger partial charge in [-0.2, -0.15) is 0 Å². The van der Waals surface area contributed by atoms with Crippen molar-refractivity contribution < 1.29 is 4.74 Å². The van der Waals surface area contributed by atoms with Crippen molar-refractivity contribution in [3.63, 3.8) is 0 Å². The van der Waals surface area contributed by atoms with Crippen molar-refractivity contribution in [3.05, 3.63) is 27.4 Å². The fourth-order valence-electron chi connectivity index (χ4n) is 2.58. The molecular weight excluding hydrogens is 240 g/mol. The zero-order chi connectivity index (χ0) is 12.4. The quantitative estimate of drug-likeness (QED) is 0.763. The highest BCUT2D eigenvalue weighted by Crippen LogP contribution is 2.29. The lowest BCUT2D eigenvalue weighted by atomic mass is 9.92. The topological polar surface area (TPSA) is 44.1 Å². The predicted molar refractivity (Wildman–Crippen MR) is 66.5 cm³/mol. The van der Waals surface area contributed by atoms with Gasteiger partial charge in [0.05, 0.1) is 6.10 Å². The summed E-state index contributed by atoms with van der Waals surface area (Å²) in [6.45, 7) is 1.82. The smallest absolute Gasteiger partial charge is 0.255 e. The van der Waals surface area contributed by atoms with Crippen LogP contribution in [-0.4, -0.2) is 22.8 Å². The second kappa shape index (κ2) is 5.19. The zero-order valence-corrected chi connectivity index (χ0v) is 10.9. The highest BCUT2D eigenvalue weighted by Gasteiger charge is 2.24. The maximum absolute atomic E-state index is 12.0. The molecule has 1 fully saturated rings. The first-order valence-electron chi connectivity index (χ1n) is 5.90. The van der Waals surface area contributed by atoms with Crippen LogP contribution in [0.5, 0.6) is 0 Å². The second-order valence-corrected chi connectivity index (χ2v) is 4.90. The van der Waals surface area contributed by atoms with Crippen molar-refractivity contribution in [2.24, 2.45) is 0 Å². The van der Waals surface area contributed by atoms with Crippen molar-refractivity contribution in [1.82, 2.24) is 9.55 Å². The summed E-state index contributed by atoms with van der Waals surface area (Å²) < 4.78 is 7.13. The monoisotopic (exact) mass is 256 g/mol. The average molecular weight is 257 g/mol. The number of rotatable bonds is 2. The Kier molecular flexibility index (Phi) is 3.84. The highest BCUT2D eigenvalue weighted by atomic mass is 35.5. The largest absolute Gasteiger partial charge is 0.381 e. The van der Waals surface area contributed by atoms with Crippen molar-refractivity contribution in [2.45, 2.75) is 44.8 Å². The van der Waals surface area contributed by atoms with Crippen LogP contribution in [-0.2, 0) is 4.74 Å². The van der Waals surface area contributed by atoms with Gasteiger partial charge in [0.15, 0.2) is 0 Å². The summed E-state index contributed by atoms with van der Waals surface area (Å²) in [6, 6.07) is 1.57. The number of hydrogen-bond donors (Lipinski definition) is 0. The molecule has 0 radical (unpaired) electrons. The minimum absolute atomic E-state index is 0.0655. The molecule has 0 spiro atoms. The number of aromatic nitrogens is 2. The number of halogens is 1. The molecule has 94 valence electrons. The van der Waals surface area contributed by atoms with Crippen molar-refractivity contribution in [1.29, 1.82) is 0 Å². The summed E-state index contributed by atoms with van der Waals surface area (Å²) >= 11 is 5.77. The first-order valence-corrected chi connectivity index (χ1v) is 6.28. The van der Waals surface area contributed by atoms with Crippen LogP contribution in [0.1, 0.15) is 37.5 Å². The first kappa shape index (κ1) is 12.6. The van der Waals surface area contributed by atoms with E-state index in [0.717, 1.165) is 25.7 Å². The van der Waals surface area contributed by atoms with Gasteiger partial charge < -0.3 is 4.74 Å². The summed E-state index contributed by atoms with van der Waals surface area (Å²) in [6.07, 6.45) is 4.28. The molecule has 17 heavy (non-hydrogen) atoms. The van der Waals surface area contributed by atoms with E-state index in [0.29, 0.717) is 5.82 Å². The molecule has 1 aliphatic rings. The molecule has 1 saturated carbocycles. The van der Waals surface area contributed by atoms with E-state index in [-0.39, 0.29) is 22.9 Å². The van der Waals surface area contributed by atoms with Gasteiger partial charge in [0.1, 0.15) is 11.0 Å². The molecule has 0 amide bonds. The summed E-state index contributed by atoms with van der Waals surface area (Å²) in [5.41, 5.74) is -0.0655. The Morgan fingerprint density at radius 3 is 2.94 bits per heavy atom. The van der Waals surface area contributed by atoms with Gasteiger partial charge in [-0.25, -0.2) is 4.98 Å². The molecule has 0 aromatic carbocycles. The molecule has 2 rings (SSSR count). The SMILES string of the molecule is COC1CCCC(n2c(C)nc(Cl)cc2=O)C1. The summed E-state index contributed by atoms with van der Waals surface area (Å²) in [4.78, 5) is 16.1. The van der Waals surface area contributed by atoms with Crippen LogP contribution in [0, 0.1) is 6.92 Å². The molecule has 0 aliphatic heterocycles. The maximum atomic E-state index is 12.0. The standard InChI is InChI=1S/C12H17ClN2O2/c1-8-14-11(13)7-12(16)15(8)9-4-3-5-10(6-9)17-2/h7,9-10H,3-6H2,1-2H3. The Bertz CT molecular complexity index is 458. The Hall–Kier alpha value is -0.870. The zero-order valence-electron chi connectivity index (χ0n) is 10.1. The van der Waals surface area contributed by atoms with Gasteiger partial charge in [-0.1, -0.05) is 11.6 Å². The summed E-state index contributed by atoms with van der Waals surface area (Å²) in [5, 5.41) is 0.267. The van der Waals surface area contributed by atoms with Crippen LogP contribution in [0.2, 0.25) is 5.15 Å². The van der Waals surface area contributed by atoms with E-state index < -0.39 is 0 Å². The second-order valence-electron chi connectivity index (χ2n) is 4.51. The summed E-state index contributed by atoms with van der Waals surface area (Å²) in [7, 11) is 1.72. The van der Waals surface area contributed by atoms with E-state index in [2.05, 4.69) is 4.98 Å². The van der Waals surface area contributed by atoms with Gasteiger partial charge >= 0.3 is 0 Å². The molecule has 5 heteroatoms. The predicted octanol–water partition coefficient (Wildman–Crippen LogP) is 2.34. The minimum Gasteiger partial charge on any atom is -0.381 e. The van der Waals surface area contributed by atoms with Crippen molar-refractivity contribution >= 4 is 11.6 Å². The van der Waals surface area contributed by atoms with Crippen LogP contribution in [0.25, 0.3) is 0 Å². The molecule has 0 N–H and O–H groups in total. The molecule has 4 nitrogen and oxygen atoms in total.